The molecule has 1 aliphatic heterocycles. The van der Waals surface area contributed by atoms with Crippen molar-refractivity contribution in [3.8, 4) is 17.2 Å². The summed E-state index contributed by atoms with van der Waals surface area (Å²) in [5.74, 6) is 0.401. The number of amides is 1. The highest BCUT2D eigenvalue weighted by Crippen LogP contribution is 2.35. The highest BCUT2D eigenvalue weighted by atomic mass is 32.2. The van der Waals surface area contributed by atoms with Crippen LogP contribution in [-0.4, -0.2) is 28.2 Å². The van der Waals surface area contributed by atoms with E-state index in [1.165, 1.54) is 25.3 Å². The van der Waals surface area contributed by atoms with Crippen LogP contribution in [-0.2, 0) is 10.0 Å². The smallest absolute Gasteiger partial charge is 0.261 e. The van der Waals surface area contributed by atoms with Crippen molar-refractivity contribution in [2.24, 2.45) is 5.73 Å². The number of nitrogens with two attached hydrogens (primary N) is 1. The normalized spacial score (nSPS) is 12.7. The zero-order chi connectivity index (χ0) is 17.3. The van der Waals surface area contributed by atoms with Gasteiger partial charge in [0.2, 0.25) is 6.79 Å². The van der Waals surface area contributed by atoms with Gasteiger partial charge in [-0.2, -0.15) is 0 Å². The van der Waals surface area contributed by atoms with E-state index in [1.54, 1.807) is 12.1 Å². The second-order valence-electron chi connectivity index (χ2n) is 4.90. The van der Waals surface area contributed by atoms with Gasteiger partial charge in [0.15, 0.2) is 11.5 Å². The first kappa shape index (κ1) is 15.9. The van der Waals surface area contributed by atoms with Gasteiger partial charge in [0.25, 0.3) is 15.9 Å². The molecule has 0 aliphatic carbocycles. The summed E-state index contributed by atoms with van der Waals surface area (Å²) in [4.78, 5) is 11.3. The minimum absolute atomic E-state index is 0.0222. The summed E-state index contributed by atoms with van der Waals surface area (Å²) >= 11 is 0. The number of carbonyl (C=O) groups is 1. The Morgan fingerprint density at radius 3 is 2.62 bits per heavy atom. The third-order valence-electron chi connectivity index (χ3n) is 3.37. The van der Waals surface area contributed by atoms with Gasteiger partial charge < -0.3 is 19.9 Å². The zero-order valence-electron chi connectivity index (χ0n) is 12.6. The highest BCUT2D eigenvalue weighted by Gasteiger charge is 2.20. The van der Waals surface area contributed by atoms with Crippen LogP contribution in [0.1, 0.15) is 10.4 Å². The van der Waals surface area contributed by atoms with Gasteiger partial charge in [-0.05, 0) is 30.3 Å². The third-order valence-corrected chi connectivity index (χ3v) is 4.75. The van der Waals surface area contributed by atoms with E-state index in [9.17, 15) is 13.2 Å². The zero-order valence-corrected chi connectivity index (χ0v) is 13.4. The van der Waals surface area contributed by atoms with Gasteiger partial charge in [-0.3, -0.25) is 9.52 Å². The summed E-state index contributed by atoms with van der Waals surface area (Å²) in [6.07, 6.45) is 0. The molecule has 3 rings (SSSR count). The fourth-order valence-corrected chi connectivity index (χ4v) is 3.30. The van der Waals surface area contributed by atoms with Crippen molar-refractivity contribution < 1.29 is 27.4 Å². The van der Waals surface area contributed by atoms with Crippen LogP contribution < -0.4 is 24.7 Å². The second kappa shape index (κ2) is 5.93. The van der Waals surface area contributed by atoms with Crippen molar-refractivity contribution in [1.29, 1.82) is 0 Å². The Morgan fingerprint density at radius 2 is 1.92 bits per heavy atom. The molecule has 0 spiro atoms. The maximum absolute atomic E-state index is 12.5. The topological polar surface area (TPSA) is 117 Å². The molecule has 1 aliphatic rings. The van der Waals surface area contributed by atoms with Crippen LogP contribution in [0.25, 0.3) is 0 Å². The first-order valence-electron chi connectivity index (χ1n) is 6.81. The predicted octanol–water partition coefficient (Wildman–Crippen LogP) is 1.32. The van der Waals surface area contributed by atoms with Crippen LogP contribution in [0.5, 0.6) is 17.2 Å². The van der Waals surface area contributed by atoms with E-state index in [1.807, 2.05) is 0 Å². The molecule has 0 bridgehead atoms. The first-order chi connectivity index (χ1) is 11.4. The number of methoxy groups -OCH3 is 1. The largest absolute Gasteiger partial charge is 0.496 e. The summed E-state index contributed by atoms with van der Waals surface area (Å²) < 4.78 is 42.8. The molecule has 24 heavy (non-hydrogen) atoms. The Bertz CT molecular complexity index is 910. The number of fused-ring (bicyclic) bond motifs is 1. The molecule has 9 heteroatoms. The first-order valence-corrected chi connectivity index (χ1v) is 8.29. The maximum atomic E-state index is 12.5. The van der Waals surface area contributed by atoms with Crippen LogP contribution in [0.3, 0.4) is 0 Å². The fraction of sp³-hybridized carbons (Fsp3) is 0.133. The standard InChI is InChI=1S/C15H14N2O6S/c1-21-12-5-3-10(7-11(12)15(16)18)24(19,20)17-9-2-4-13-14(6-9)23-8-22-13/h2-7,17H,8H2,1H3,(H2,16,18). The Balaban J connectivity index is 1.93. The number of anilines is 1. The van der Waals surface area contributed by atoms with Crippen molar-refractivity contribution >= 4 is 21.6 Å². The molecule has 126 valence electrons. The molecule has 0 saturated heterocycles. The summed E-state index contributed by atoms with van der Waals surface area (Å²) in [6, 6.07) is 8.51. The molecule has 0 aromatic heterocycles. The minimum Gasteiger partial charge on any atom is -0.496 e. The van der Waals surface area contributed by atoms with E-state index in [0.717, 1.165) is 6.07 Å². The highest BCUT2D eigenvalue weighted by molar-refractivity contribution is 7.92. The fourth-order valence-electron chi connectivity index (χ4n) is 2.22. The molecular formula is C15H14N2O6S. The molecule has 3 N–H and O–H groups in total. The van der Waals surface area contributed by atoms with Gasteiger partial charge in [0.05, 0.1) is 23.3 Å². The van der Waals surface area contributed by atoms with E-state index in [2.05, 4.69) is 4.72 Å². The molecule has 2 aromatic carbocycles. The number of primary amides is 1. The molecule has 1 heterocycles. The summed E-state index contributed by atoms with van der Waals surface area (Å²) in [5.41, 5.74) is 5.53. The van der Waals surface area contributed by atoms with Crippen LogP contribution in [0.2, 0.25) is 0 Å². The lowest BCUT2D eigenvalue weighted by Gasteiger charge is -2.11. The van der Waals surface area contributed by atoms with Crippen molar-refractivity contribution in [2.45, 2.75) is 4.90 Å². The lowest BCUT2D eigenvalue weighted by atomic mass is 10.2. The second-order valence-corrected chi connectivity index (χ2v) is 6.58. The summed E-state index contributed by atoms with van der Waals surface area (Å²) in [6.45, 7) is 0.0893. The van der Waals surface area contributed by atoms with E-state index in [-0.39, 0.29) is 23.0 Å². The number of ether oxygens (including phenoxy) is 3. The van der Waals surface area contributed by atoms with Gasteiger partial charge in [-0.1, -0.05) is 0 Å². The van der Waals surface area contributed by atoms with E-state index < -0.39 is 15.9 Å². The Kier molecular flexibility index (Phi) is 3.94. The van der Waals surface area contributed by atoms with E-state index in [4.69, 9.17) is 19.9 Å². The number of hydrogen-bond acceptors (Lipinski definition) is 6. The van der Waals surface area contributed by atoms with Gasteiger partial charge in [-0.15, -0.1) is 0 Å². The number of benzene rings is 2. The molecule has 2 aromatic rings. The Hall–Kier alpha value is -2.94. The monoisotopic (exact) mass is 350 g/mol. The Labute approximate surface area is 138 Å². The molecule has 0 saturated carbocycles. The average Bonchev–Trinajstić information content (AvgIpc) is 3.01. The van der Waals surface area contributed by atoms with Crippen LogP contribution >= 0.6 is 0 Å². The average molecular weight is 350 g/mol. The number of sulfonamides is 1. The Morgan fingerprint density at radius 1 is 1.17 bits per heavy atom. The molecule has 0 radical (unpaired) electrons. The maximum Gasteiger partial charge on any atom is 0.261 e. The quantitative estimate of drug-likeness (QED) is 0.840. The third kappa shape index (κ3) is 2.93. The molecular weight excluding hydrogens is 336 g/mol. The molecule has 8 nitrogen and oxygen atoms in total. The van der Waals surface area contributed by atoms with Crippen molar-refractivity contribution in [1.82, 2.24) is 0 Å². The van der Waals surface area contributed by atoms with Gasteiger partial charge in [0, 0.05) is 6.07 Å². The molecule has 0 atom stereocenters. The summed E-state index contributed by atoms with van der Waals surface area (Å²) in [7, 11) is -2.56. The number of hydrogen-bond donors (Lipinski definition) is 2. The van der Waals surface area contributed by atoms with Crippen LogP contribution in [0.4, 0.5) is 5.69 Å². The number of nitrogens with one attached hydrogen (secondary N) is 1. The SMILES string of the molecule is COc1ccc(S(=O)(=O)Nc2ccc3c(c2)OCO3)cc1C(N)=O. The van der Waals surface area contributed by atoms with Crippen LogP contribution in [0.15, 0.2) is 41.3 Å². The van der Waals surface area contributed by atoms with E-state index >= 15 is 0 Å². The lowest BCUT2D eigenvalue weighted by molar-refractivity contribution is 0.0997. The molecule has 1 amide bonds. The predicted molar refractivity (Wildman–Crippen MR) is 84.9 cm³/mol. The molecule has 0 fully saturated rings. The van der Waals surface area contributed by atoms with Crippen molar-refractivity contribution in [3.05, 3.63) is 42.0 Å². The minimum atomic E-state index is -3.92. The van der Waals surface area contributed by atoms with Gasteiger partial charge in [0.1, 0.15) is 5.75 Å². The lowest BCUT2D eigenvalue weighted by Crippen LogP contribution is -2.16. The molecule has 0 unspecified atom stereocenters. The van der Waals surface area contributed by atoms with Crippen molar-refractivity contribution in [2.75, 3.05) is 18.6 Å². The van der Waals surface area contributed by atoms with Crippen LogP contribution in [0, 0.1) is 0 Å². The van der Waals surface area contributed by atoms with Gasteiger partial charge >= 0.3 is 0 Å². The summed E-state index contributed by atoms with van der Waals surface area (Å²) in [5, 5.41) is 0. The van der Waals surface area contributed by atoms with Crippen molar-refractivity contribution in [3.63, 3.8) is 0 Å². The number of rotatable bonds is 5. The number of carbonyl (C=O) groups excluding carboxylic acids is 1. The van der Waals surface area contributed by atoms with Gasteiger partial charge in [-0.25, -0.2) is 8.42 Å². The van der Waals surface area contributed by atoms with E-state index in [0.29, 0.717) is 17.2 Å².